The molecule has 2 N–H and O–H groups in total. The van der Waals surface area contributed by atoms with Gasteiger partial charge in [-0.2, -0.15) is 0 Å². The molecule has 4 nitrogen and oxygen atoms in total. The summed E-state index contributed by atoms with van der Waals surface area (Å²) in [7, 11) is 0. The maximum absolute atomic E-state index is 12.2. The molecule has 5 heteroatoms. The lowest BCUT2D eigenvalue weighted by Gasteiger charge is -2.45. The van der Waals surface area contributed by atoms with Crippen molar-refractivity contribution in [2.45, 2.75) is 57.6 Å². The first-order chi connectivity index (χ1) is 7.86. The van der Waals surface area contributed by atoms with Crippen molar-refractivity contribution in [1.82, 2.24) is 4.90 Å². The Morgan fingerprint density at radius 3 is 2.44 bits per heavy atom. The number of rotatable bonds is 1. The van der Waals surface area contributed by atoms with Gasteiger partial charge >= 0.3 is 6.09 Å². The van der Waals surface area contributed by atoms with Gasteiger partial charge in [-0.05, 0) is 58.9 Å². The zero-order valence-corrected chi connectivity index (χ0v) is 12.4. The van der Waals surface area contributed by atoms with Crippen LogP contribution in [0.1, 0.15) is 46.5 Å². The van der Waals surface area contributed by atoms with Gasteiger partial charge in [-0.1, -0.05) is 0 Å². The summed E-state index contributed by atoms with van der Waals surface area (Å²) in [6.45, 7) is 7.17. The van der Waals surface area contributed by atoms with E-state index in [0.29, 0.717) is 12.5 Å². The molecule has 1 spiro atoms. The van der Waals surface area contributed by atoms with Gasteiger partial charge in [-0.25, -0.2) is 4.79 Å². The van der Waals surface area contributed by atoms with E-state index in [9.17, 15) is 4.79 Å². The van der Waals surface area contributed by atoms with Crippen LogP contribution in [0, 0.1) is 5.92 Å². The first kappa shape index (κ1) is 15.6. The highest BCUT2D eigenvalue weighted by molar-refractivity contribution is 5.85. The standard InChI is InChI=1S/C13H24N2O2.ClH/c1-12(2,3)17-11(16)15-9-10(8-14)7-13(15)5-4-6-13;/h10H,4-9,14H2,1-3H3;1H. The molecule has 0 aromatic heterocycles. The molecule has 106 valence electrons. The van der Waals surface area contributed by atoms with Crippen LogP contribution >= 0.6 is 12.4 Å². The Hall–Kier alpha value is -0.480. The van der Waals surface area contributed by atoms with Crippen molar-refractivity contribution >= 4 is 18.5 Å². The van der Waals surface area contributed by atoms with Gasteiger partial charge in [-0.3, -0.25) is 0 Å². The first-order valence-corrected chi connectivity index (χ1v) is 6.57. The van der Waals surface area contributed by atoms with Crippen LogP contribution in [-0.2, 0) is 4.74 Å². The van der Waals surface area contributed by atoms with Gasteiger partial charge in [0.2, 0.25) is 0 Å². The van der Waals surface area contributed by atoms with E-state index in [0.717, 1.165) is 25.8 Å². The maximum atomic E-state index is 12.2. The highest BCUT2D eigenvalue weighted by Crippen LogP contribution is 2.47. The Kier molecular flexibility index (Phi) is 4.55. The second-order valence-electron chi connectivity index (χ2n) is 6.47. The summed E-state index contributed by atoms with van der Waals surface area (Å²) in [6.07, 6.45) is 4.35. The third-order valence-electron chi connectivity index (χ3n) is 3.91. The van der Waals surface area contributed by atoms with Crippen molar-refractivity contribution < 1.29 is 9.53 Å². The molecule has 1 saturated carbocycles. The fourth-order valence-electron chi connectivity index (χ4n) is 2.97. The van der Waals surface area contributed by atoms with Gasteiger partial charge in [0, 0.05) is 12.1 Å². The molecular formula is C13H25ClN2O2. The number of hydrogen-bond donors (Lipinski definition) is 1. The number of hydrogen-bond acceptors (Lipinski definition) is 3. The number of nitrogens with zero attached hydrogens (tertiary/aromatic N) is 1. The monoisotopic (exact) mass is 276 g/mol. The Bertz CT molecular complexity index is 311. The largest absolute Gasteiger partial charge is 0.444 e. The topological polar surface area (TPSA) is 55.6 Å². The third-order valence-corrected chi connectivity index (χ3v) is 3.91. The molecule has 1 aliphatic carbocycles. The molecule has 1 aliphatic heterocycles. The second-order valence-corrected chi connectivity index (χ2v) is 6.47. The molecule has 18 heavy (non-hydrogen) atoms. The number of carbonyl (C=O) groups excluding carboxylic acids is 1. The highest BCUT2D eigenvalue weighted by atomic mass is 35.5. The summed E-state index contributed by atoms with van der Waals surface area (Å²) in [5, 5.41) is 0. The Labute approximate surface area is 116 Å². The average molecular weight is 277 g/mol. The van der Waals surface area contributed by atoms with Crippen molar-refractivity contribution in [1.29, 1.82) is 0 Å². The molecule has 0 radical (unpaired) electrons. The average Bonchev–Trinajstić information content (AvgIpc) is 2.53. The number of carbonyl (C=O) groups is 1. The van der Waals surface area contributed by atoms with E-state index in [1.54, 1.807) is 0 Å². The minimum Gasteiger partial charge on any atom is -0.444 e. The van der Waals surface area contributed by atoms with Crippen LogP contribution < -0.4 is 5.73 Å². The van der Waals surface area contributed by atoms with Crippen LogP contribution in [0.5, 0.6) is 0 Å². The van der Waals surface area contributed by atoms with E-state index in [-0.39, 0.29) is 24.0 Å². The molecule has 0 bridgehead atoms. The van der Waals surface area contributed by atoms with E-state index >= 15 is 0 Å². The Morgan fingerprint density at radius 2 is 2.06 bits per heavy atom. The summed E-state index contributed by atoms with van der Waals surface area (Å²) in [6, 6.07) is 0. The molecule has 2 aliphatic rings. The Balaban J connectivity index is 0.00000162. The van der Waals surface area contributed by atoms with E-state index in [2.05, 4.69) is 0 Å². The van der Waals surface area contributed by atoms with Crippen molar-refractivity contribution in [3.05, 3.63) is 0 Å². The van der Waals surface area contributed by atoms with Gasteiger partial charge in [0.1, 0.15) is 5.60 Å². The minimum atomic E-state index is -0.414. The second kappa shape index (κ2) is 5.25. The molecule has 1 heterocycles. The summed E-state index contributed by atoms with van der Waals surface area (Å²) < 4.78 is 5.49. The lowest BCUT2D eigenvalue weighted by molar-refractivity contribution is -0.00980. The summed E-state index contributed by atoms with van der Waals surface area (Å²) in [5.74, 6) is 0.447. The molecule has 2 fully saturated rings. The van der Waals surface area contributed by atoms with Crippen LogP contribution in [0.25, 0.3) is 0 Å². The third kappa shape index (κ3) is 2.91. The SMILES string of the molecule is CC(C)(C)OC(=O)N1CC(CN)CC12CCC2.Cl. The van der Waals surface area contributed by atoms with Crippen LogP contribution in [-0.4, -0.2) is 35.2 Å². The Morgan fingerprint density at radius 1 is 1.44 bits per heavy atom. The van der Waals surface area contributed by atoms with Crippen molar-refractivity contribution in [3.8, 4) is 0 Å². The predicted octanol–water partition coefficient (Wildman–Crippen LogP) is 2.55. The van der Waals surface area contributed by atoms with Crippen LogP contribution in [0.3, 0.4) is 0 Å². The molecule has 1 atom stereocenters. The lowest BCUT2D eigenvalue weighted by atomic mass is 9.73. The molecule has 0 aromatic carbocycles. The van der Waals surface area contributed by atoms with Gasteiger partial charge in [0.05, 0.1) is 0 Å². The van der Waals surface area contributed by atoms with Crippen LogP contribution in [0.15, 0.2) is 0 Å². The van der Waals surface area contributed by atoms with Gasteiger partial charge < -0.3 is 15.4 Å². The number of amides is 1. The lowest BCUT2D eigenvalue weighted by Crippen LogP contribution is -2.53. The van der Waals surface area contributed by atoms with E-state index in [1.165, 1.54) is 6.42 Å². The number of nitrogens with two attached hydrogens (primary N) is 1. The van der Waals surface area contributed by atoms with Gasteiger partial charge in [-0.15, -0.1) is 12.4 Å². The van der Waals surface area contributed by atoms with E-state index < -0.39 is 5.60 Å². The number of ether oxygens (including phenoxy) is 1. The van der Waals surface area contributed by atoms with Crippen molar-refractivity contribution in [3.63, 3.8) is 0 Å². The van der Waals surface area contributed by atoms with E-state index in [4.69, 9.17) is 10.5 Å². The van der Waals surface area contributed by atoms with Gasteiger partial charge in [0.25, 0.3) is 0 Å². The maximum Gasteiger partial charge on any atom is 0.410 e. The predicted molar refractivity (Wildman–Crippen MR) is 73.9 cm³/mol. The molecular weight excluding hydrogens is 252 g/mol. The zero-order valence-electron chi connectivity index (χ0n) is 11.6. The molecule has 0 aromatic rings. The van der Waals surface area contributed by atoms with Crippen LogP contribution in [0.2, 0.25) is 0 Å². The first-order valence-electron chi connectivity index (χ1n) is 6.57. The zero-order chi connectivity index (χ0) is 12.7. The van der Waals surface area contributed by atoms with E-state index in [1.807, 2.05) is 25.7 Å². The molecule has 2 rings (SSSR count). The van der Waals surface area contributed by atoms with Gasteiger partial charge in [0.15, 0.2) is 0 Å². The normalized spacial score (nSPS) is 25.6. The smallest absolute Gasteiger partial charge is 0.410 e. The molecule has 1 saturated heterocycles. The molecule has 1 unspecified atom stereocenters. The minimum absolute atomic E-state index is 0. The fraction of sp³-hybridized carbons (Fsp3) is 0.923. The highest BCUT2D eigenvalue weighted by Gasteiger charge is 2.52. The van der Waals surface area contributed by atoms with Crippen molar-refractivity contribution in [2.24, 2.45) is 11.7 Å². The fourth-order valence-corrected chi connectivity index (χ4v) is 2.97. The number of halogens is 1. The number of likely N-dealkylation sites (tertiary alicyclic amines) is 1. The molecule has 1 amide bonds. The summed E-state index contributed by atoms with van der Waals surface area (Å²) >= 11 is 0. The summed E-state index contributed by atoms with van der Waals surface area (Å²) in [5.41, 5.74) is 5.41. The quantitative estimate of drug-likeness (QED) is 0.801. The summed E-state index contributed by atoms with van der Waals surface area (Å²) in [4.78, 5) is 14.1. The van der Waals surface area contributed by atoms with Crippen molar-refractivity contribution in [2.75, 3.05) is 13.1 Å². The van der Waals surface area contributed by atoms with Crippen LogP contribution in [0.4, 0.5) is 4.79 Å².